The summed E-state index contributed by atoms with van der Waals surface area (Å²) in [6.45, 7) is 20.3. The zero-order chi connectivity index (χ0) is 42.7. The number of hydrogen-bond acceptors (Lipinski definition) is 9. The van der Waals surface area contributed by atoms with Gasteiger partial charge in [0.25, 0.3) is 0 Å². The number of nitrogens with one attached hydrogen (secondary N) is 2. The number of likely N-dealkylation sites (tertiary alicyclic amines) is 1. The summed E-state index contributed by atoms with van der Waals surface area (Å²) < 4.78 is 11.2. The Labute approximate surface area is 339 Å². The van der Waals surface area contributed by atoms with Crippen LogP contribution in [0.5, 0.6) is 0 Å². The summed E-state index contributed by atoms with van der Waals surface area (Å²) in [5, 5.41) is 16.9. The average molecular weight is 795 g/mol. The highest BCUT2D eigenvalue weighted by Gasteiger charge is 2.47. The second kappa shape index (κ2) is 24.0. The van der Waals surface area contributed by atoms with Gasteiger partial charge in [-0.1, -0.05) is 40.7 Å². The van der Waals surface area contributed by atoms with E-state index in [1.165, 1.54) is 0 Å². The van der Waals surface area contributed by atoms with Gasteiger partial charge in [-0.2, -0.15) is 0 Å². The molecular formula is C43H80N5O8+. The number of likely N-dealkylation sites (N-methyl/N-ethyl adjacent to an activating group) is 1. The minimum atomic E-state index is -1.04. The Morgan fingerprint density at radius 3 is 2.14 bits per heavy atom. The molecule has 56 heavy (non-hydrogen) atoms. The molecule has 0 aromatic rings. The fourth-order valence-corrected chi connectivity index (χ4v) is 7.71. The molecule has 0 aliphatic carbocycles. The summed E-state index contributed by atoms with van der Waals surface area (Å²) in [5.74, 6) is -1.05. The number of ether oxygens (including phenoxy) is 2. The number of quaternary nitrogens is 1. The highest BCUT2D eigenvalue weighted by Crippen LogP contribution is 2.44. The molecule has 0 bridgehead atoms. The Bertz CT molecular complexity index is 1290. The Balaban J connectivity index is 3.37. The third kappa shape index (κ3) is 17.6. The molecule has 1 aliphatic heterocycles. The number of carbonyl (C=O) groups excluding carboxylic acids is 5. The first-order valence-corrected chi connectivity index (χ1v) is 21.1. The van der Waals surface area contributed by atoms with Crippen LogP contribution in [0.1, 0.15) is 126 Å². The van der Waals surface area contributed by atoms with Gasteiger partial charge in [0.2, 0.25) is 17.7 Å². The van der Waals surface area contributed by atoms with Gasteiger partial charge in [-0.05, 0) is 99.2 Å². The largest absolute Gasteiger partial charge is 0.465 e. The topological polar surface area (TPSA) is 155 Å². The number of rotatable bonds is 27. The van der Waals surface area contributed by atoms with Crippen molar-refractivity contribution >= 4 is 29.7 Å². The molecule has 13 heteroatoms. The van der Waals surface area contributed by atoms with E-state index in [2.05, 4.69) is 22.1 Å². The Hall–Kier alpha value is -3.03. The van der Waals surface area contributed by atoms with Crippen LogP contribution in [0.4, 0.5) is 0 Å². The monoisotopic (exact) mass is 795 g/mol. The van der Waals surface area contributed by atoms with Crippen molar-refractivity contribution < 1.29 is 43.0 Å². The number of nitrogens with zero attached hydrogens (tertiary/aromatic N) is 3. The number of esters is 2. The lowest BCUT2D eigenvalue weighted by Gasteiger charge is -2.42. The predicted molar refractivity (Wildman–Crippen MR) is 221 cm³/mol. The number of aliphatic hydroxyl groups excluding tert-OH is 1. The van der Waals surface area contributed by atoms with Crippen molar-refractivity contribution in [3.8, 4) is 0 Å². The van der Waals surface area contributed by atoms with Crippen LogP contribution in [0.25, 0.3) is 0 Å². The number of carbonyl (C=O) groups is 5. The Morgan fingerprint density at radius 2 is 1.55 bits per heavy atom. The van der Waals surface area contributed by atoms with Gasteiger partial charge in [0.15, 0.2) is 0 Å². The lowest BCUT2D eigenvalue weighted by molar-refractivity contribution is -0.893. The molecule has 3 N–H and O–H groups in total. The van der Waals surface area contributed by atoms with Gasteiger partial charge in [0.1, 0.15) is 19.3 Å². The van der Waals surface area contributed by atoms with Crippen LogP contribution in [0.2, 0.25) is 0 Å². The number of hydrogen-bond donors (Lipinski definition) is 3. The summed E-state index contributed by atoms with van der Waals surface area (Å²) in [4.78, 5) is 71.1. The highest BCUT2D eigenvalue weighted by atomic mass is 16.5. The summed E-state index contributed by atoms with van der Waals surface area (Å²) in [6.07, 6.45) is 6.41. The van der Waals surface area contributed by atoms with E-state index in [1.54, 1.807) is 6.92 Å². The molecule has 5 atom stereocenters. The van der Waals surface area contributed by atoms with Gasteiger partial charge >= 0.3 is 11.9 Å². The fourth-order valence-electron chi connectivity index (χ4n) is 7.71. The van der Waals surface area contributed by atoms with Crippen molar-refractivity contribution in [2.45, 2.75) is 138 Å². The van der Waals surface area contributed by atoms with E-state index in [1.807, 2.05) is 74.6 Å². The molecule has 1 heterocycles. The van der Waals surface area contributed by atoms with Gasteiger partial charge in [-0.3, -0.25) is 19.2 Å². The molecule has 1 aliphatic rings. The molecule has 3 amide bonds. The summed E-state index contributed by atoms with van der Waals surface area (Å²) in [6, 6.07) is -0.232. The van der Waals surface area contributed by atoms with Crippen molar-refractivity contribution in [1.82, 2.24) is 20.4 Å². The lowest BCUT2D eigenvalue weighted by Crippen LogP contribution is -2.51. The molecule has 324 valence electrons. The second-order valence-corrected chi connectivity index (χ2v) is 18.2. The van der Waals surface area contributed by atoms with Crippen molar-refractivity contribution in [2.24, 2.45) is 16.2 Å². The van der Waals surface area contributed by atoms with E-state index in [9.17, 15) is 29.1 Å². The van der Waals surface area contributed by atoms with Crippen LogP contribution in [-0.4, -0.2) is 142 Å². The standard InChI is InChI=1S/C43H79N5O8/c1-13-28-55-40(54)41(6,14-2)21-22-42(7,38(52)44-23-18-25-46(9)10)32-43(8,29-34(5)47-26-17-15-16-20-36(47)50)39(53)45-24-19-27-48(11,12)30-35(49)31-56-37(51)33(3)4/h34-35,49H,3,13-32H2,1-2,4-12H3,(H-,44,45,52,53)/p+1. The third-order valence-corrected chi connectivity index (χ3v) is 11.5. The molecule has 0 aromatic heterocycles. The fraction of sp³-hybridized carbons (Fsp3) is 0.837. The van der Waals surface area contributed by atoms with Crippen LogP contribution < -0.4 is 10.6 Å². The number of aliphatic hydroxyl groups is 1. The second-order valence-electron chi connectivity index (χ2n) is 18.2. The first-order valence-electron chi connectivity index (χ1n) is 21.1. The first kappa shape index (κ1) is 51.0. The van der Waals surface area contributed by atoms with E-state index in [0.29, 0.717) is 82.3 Å². The van der Waals surface area contributed by atoms with E-state index in [-0.39, 0.29) is 48.3 Å². The van der Waals surface area contributed by atoms with E-state index >= 15 is 0 Å². The molecule has 0 saturated carbocycles. The Morgan fingerprint density at radius 1 is 0.946 bits per heavy atom. The van der Waals surface area contributed by atoms with Crippen LogP contribution >= 0.6 is 0 Å². The molecule has 0 aromatic carbocycles. The summed E-state index contributed by atoms with van der Waals surface area (Å²) in [5.41, 5.74) is -2.58. The van der Waals surface area contributed by atoms with Gasteiger partial charge < -0.3 is 39.5 Å². The molecule has 1 rings (SSSR count). The summed E-state index contributed by atoms with van der Waals surface area (Å²) >= 11 is 0. The van der Waals surface area contributed by atoms with E-state index in [4.69, 9.17) is 9.47 Å². The predicted octanol–water partition coefficient (Wildman–Crippen LogP) is 4.85. The average Bonchev–Trinajstić information content (AvgIpc) is 3.35. The number of amides is 3. The van der Waals surface area contributed by atoms with Crippen LogP contribution in [0.3, 0.4) is 0 Å². The van der Waals surface area contributed by atoms with Crippen LogP contribution in [-0.2, 0) is 33.4 Å². The van der Waals surface area contributed by atoms with Gasteiger partial charge in [-0.25, -0.2) is 4.79 Å². The zero-order valence-corrected chi connectivity index (χ0v) is 37.2. The maximum absolute atomic E-state index is 14.5. The SMILES string of the molecule is C=C(C)C(=O)OCC(O)C[N+](C)(C)CCCNC(=O)C(C)(CC(C)N1CCCCCC1=O)CC(C)(CCC(C)(CC)C(=O)OCCC)C(=O)NCCCN(C)C. The molecule has 13 nitrogen and oxygen atoms in total. The molecule has 0 radical (unpaired) electrons. The van der Waals surface area contributed by atoms with Crippen LogP contribution in [0, 0.1) is 16.2 Å². The van der Waals surface area contributed by atoms with Crippen molar-refractivity contribution in [1.29, 1.82) is 0 Å². The first-order chi connectivity index (χ1) is 26.0. The minimum Gasteiger partial charge on any atom is -0.465 e. The normalized spacial score (nSPS) is 18.1. The Kier molecular flexibility index (Phi) is 21.9. The van der Waals surface area contributed by atoms with Crippen molar-refractivity contribution in [3.05, 3.63) is 12.2 Å². The minimum absolute atomic E-state index is 0.0973. The molecule has 1 fully saturated rings. The quantitative estimate of drug-likeness (QED) is 0.0459. The van der Waals surface area contributed by atoms with Crippen molar-refractivity contribution in [3.63, 3.8) is 0 Å². The van der Waals surface area contributed by atoms with E-state index in [0.717, 1.165) is 38.6 Å². The third-order valence-electron chi connectivity index (χ3n) is 11.5. The maximum atomic E-state index is 14.5. The zero-order valence-electron chi connectivity index (χ0n) is 37.2. The van der Waals surface area contributed by atoms with E-state index < -0.39 is 28.3 Å². The van der Waals surface area contributed by atoms with Gasteiger partial charge in [-0.15, -0.1) is 0 Å². The summed E-state index contributed by atoms with van der Waals surface area (Å²) in [7, 11) is 7.92. The molecule has 5 unspecified atom stereocenters. The smallest absolute Gasteiger partial charge is 0.333 e. The van der Waals surface area contributed by atoms with Gasteiger partial charge in [0, 0.05) is 54.9 Å². The van der Waals surface area contributed by atoms with Crippen molar-refractivity contribution in [2.75, 3.05) is 80.7 Å². The highest BCUT2D eigenvalue weighted by molar-refractivity contribution is 5.87. The van der Waals surface area contributed by atoms with Crippen LogP contribution in [0.15, 0.2) is 12.2 Å². The molecule has 0 spiro atoms. The lowest BCUT2D eigenvalue weighted by atomic mass is 9.65. The molecular weight excluding hydrogens is 715 g/mol. The van der Waals surface area contributed by atoms with Gasteiger partial charge in [0.05, 0.1) is 32.7 Å². The molecule has 1 saturated heterocycles. The maximum Gasteiger partial charge on any atom is 0.333 e.